The fourth-order valence-electron chi connectivity index (χ4n) is 5.95. The molecular weight excluding hydrogens is 677 g/mol. The van der Waals surface area contributed by atoms with E-state index in [1.54, 1.807) is 36.7 Å². The molecule has 1 aliphatic rings. The van der Waals surface area contributed by atoms with Gasteiger partial charge in [0.15, 0.2) is 0 Å². The second-order valence-electron chi connectivity index (χ2n) is 14.1. The maximum atomic E-state index is 13.7. The molecule has 5 rings (SSSR count). The summed E-state index contributed by atoms with van der Waals surface area (Å²) >= 11 is 0. The van der Waals surface area contributed by atoms with Crippen molar-refractivity contribution in [2.45, 2.75) is 87.4 Å². The normalized spacial score (nSPS) is 13.5. The summed E-state index contributed by atoms with van der Waals surface area (Å²) < 4.78 is 57.3. The molecule has 1 aliphatic heterocycles. The van der Waals surface area contributed by atoms with Gasteiger partial charge >= 0.3 is 0 Å². The monoisotopic (exact) mass is 725 g/mol. The van der Waals surface area contributed by atoms with E-state index >= 15 is 0 Å². The Hall–Kier alpha value is -4.23. The lowest BCUT2D eigenvalue weighted by Gasteiger charge is -2.30. The van der Waals surface area contributed by atoms with Gasteiger partial charge in [0.2, 0.25) is 0 Å². The van der Waals surface area contributed by atoms with Gasteiger partial charge in [-0.05, 0) is 105 Å². The molecule has 1 saturated heterocycles. The molecule has 276 valence electrons. The van der Waals surface area contributed by atoms with Gasteiger partial charge in [0.25, 0.3) is 21.2 Å². The average molecular weight is 726 g/mol. The molecule has 0 N–H and O–H groups in total. The van der Waals surface area contributed by atoms with E-state index in [9.17, 15) is 26.8 Å². The van der Waals surface area contributed by atoms with E-state index in [0.717, 1.165) is 54.7 Å². The van der Waals surface area contributed by atoms with Crippen LogP contribution < -0.4 is 16.0 Å². The van der Waals surface area contributed by atoms with E-state index in [4.69, 9.17) is 4.18 Å². The molecule has 10 nitrogen and oxygen atoms in total. The van der Waals surface area contributed by atoms with Crippen LogP contribution in [0.4, 0.5) is 14.5 Å². The molecule has 0 radical (unpaired) electrons. The zero-order valence-corrected chi connectivity index (χ0v) is 31.6. The molecule has 3 heterocycles. The van der Waals surface area contributed by atoms with Crippen LogP contribution in [0.2, 0.25) is 0 Å². The summed E-state index contributed by atoms with van der Waals surface area (Å²) in [4.78, 5) is 27.8. The molecule has 0 unspecified atom stereocenters. The first kappa shape index (κ1) is 39.6. The predicted molar refractivity (Wildman–Crippen MR) is 197 cm³/mol. The second kappa shape index (κ2) is 16.9. The van der Waals surface area contributed by atoms with Crippen LogP contribution >= 0.6 is 0 Å². The summed E-state index contributed by atoms with van der Waals surface area (Å²) in [5, 5.41) is 9.00. The summed E-state index contributed by atoms with van der Waals surface area (Å²) in [7, 11) is -3.68. The van der Waals surface area contributed by atoms with Crippen molar-refractivity contribution in [1.29, 1.82) is 0 Å². The third-order valence-corrected chi connectivity index (χ3v) is 9.02. The number of aryl methyl sites for hydroxylation is 2. The Kier molecular flexibility index (Phi) is 13.1. The average Bonchev–Trinajstić information content (AvgIpc) is 3.05. The molecule has 0 saturated carbocycles. The van der Waals surface area contributed by atoms with Gasteiger partial charge in [0, 0.05) is 48.4 Å². The highest BCUT2D eigenvalue weighted by molar-refractivity contribution is 7.85. The molecule has 2 aromatic carbocycles. The SMILES string of the molecule is Cc1cc(-c2cc(COS(C)(=O)=O)c(=O)n(CC(C)C)n2)ccc1F.Cc1cc(-c2nn(CC(C)C)c(=O)c(N3CCCCC3)c2C)ccc1F. The number of hydrogen-bond acceptors (Lipinski definition) is 8. The van der Waals surface area contributed by atoms with Crippen LogP contribution in [-0.4, -0.2) is 47.3 Å². The van der Waals surface area contributed by atoms with Gasteiger partial charge in [-0.1, -0.05) is 27.7 Å². The molecule has 0 spiro atoms. The Bertz CT molecular complexity index is 2090. The van der Waals surface area contributed by atoms with Crippen LogP contribution in [0.1, 0.15) is 69.2 Å². The Morgan fingerprint density at radius 1 is 0.765 bits per heavy atom. The Balaban J connectivity index is 0.000000229. The molecule has 0 aliphatic carbocycles. The summed E-state index contributed by atoms with van der Waals surface area (Å²) in [5.74, 6) is -0.0722. The predicted octanol–water partition coefficient (Wildman–Crippen LogP) is 6.80. The Morgan fingerprint density at radius 2 is 1.29 bits per heavy atom. The minimum Gasteiger partial charge on any atom is -0.367 e. The quantitative estimate of drug-likeness (QED) is 0.164. The minimum atomic E-state index is -3.68. The third kappa shape index (κ3) is 10.4. The summed E-state index contributed by atoms with van der Waals surface area (Å²) in [6.07, 6.45) is 4.35. The molecule has 1 fully saturated rings. The molecule has 4 aromatic rings. The zero-order valence-electron chi connectivity index (χ0n) is 30.8. The topological polar surface area (TPSA) is 116 Å². The number of piperidine rings is 1. The lowest BCUT2D eigenvalue weighted by molar-refractivity contribution is 0.307. The molecule has 0 atom stereocenters. The number of nitrogens with zero attached hydrogens (tertiary/aromatic N) is 5. The lowest BCUT2D eigenvalue weighted by atomic mass is 10.0. The number of benzene rings is 2. The van der Waals surface area contributed by atoms with Crippen LogP contribution in [0.5, 0.6) is 0 Å². The smallest absolute Gasteiger partial charge is 0.290 e. The van der Waals surface area contributed by atoms with E-state index < -0.39 is 15.7 Å². The fraction of sp³-hybridized carbons (Fsp3) is 0.474. The Labute approximate surface area is 299 Å². The molecule has 2 aromatic heterocycles. The van der Waals surface area contributed by atoms with E-state index in [0.29, 0.717) is 41.4 Å². The highest BCUT2D eigenvalue weighted by Crippen LogP contribution is 2.29. The molecule has 0 bridgehead atoms. The number of rotatable bonds is 10. The highest BCUT2D eigenvalue weighted by atomic mass is 32.2. The standard InChI is InChI=1S/C21H28FN3O.C17H21FN2O4S/c1-14(2)13-25-21(26)20(24-10-6-5-7-11-24)16(4)19(23-25)17-8-9-18(22)15(3)12-17;1-11(2)9-20-17(21)14(10-24-25(4,22)23)8-16(19-20)13-5-6-15(18)12(3)7-13/h8-9,12,14H,5-7,10-11,13H2,1-4H3;5-8,11H,9-10H2,1-4H3. The third-order valence-electron chi connectivity index (χ3n) is 8.48. The summed E-state index contributed by atoms with van der Waals surface area (Å²) in [6, 6.07) is 11.0. The van der Waals surface area contributed by atoms with Gasteiger partial charge in [-0.2, -0.15) is 18.6 Å². The largest absolute Gasteiger partial charge is 0.367 e. The van der Waals surface area contributed by atoms with Crippen molar-refractivity contribution in [2.75, 3.05) is 24.2 Å². The number of halogens is 2. The number of anilines is 1. The zero-order chi connectivity index (χ0) is 37.6. The first-order chi connectivity index (χ1) is 23.9. The van der Waals surface area contributed by atoms with Crippen LogP contribution in [-0.2, 0) is 34.0 Å². The second-order valence-corrected chi connectivity index (χ2v) is 15.7. The number of hydrogen-bond donors (Lipinski definition) is 0. The lowest BCUT2D eigenvalue weighted by Crippen LogP contribution is -2.38. The molecule has 13 heteroatoms. The van der Waals surface area contributed by atoms with Crippen LogP contribution in [0.15, 0.2) is 52.1 Å². The van der Waals surface area contributed by atoms with Crippen LogP contribution in [0.25, 0.3) is 22.5 Å². The van der Waals surface area contributed by atoms with Crippen molar-refractivity contribution in [1.82, 2.24) is 19.6 Å². The first-order valence-electron chi connectivity index (χ1n) is 17.3. The maximum absolute atomic E-state index is 13.7. The van der Waals surface area contributed by atoms with Gasteiger partial charge in [0.1, 0.15) is 17.3 Å². The fourth-order valence-corrected chi connectivity index (χ4v) is 6.29. The minimum absolute atomic E-state index is 0.0133. The van der Waals surface area contributed by atoms with Gasteiger partial charge in [-0.15, -0.1) is 0 Å². The Morgan fingerprint density at radius 3 is 1.82 bits per heavy atom. The van der Waals surface area contributed by atoms with E-state index in [1.165, 1.54) is 29.3 Å². The van der Waals surface area contributed by atoms with Gasteiger partial charge in [-0.3, -0.25) is 13.8 Å². The summed E-state index contributed by atoms with van der Waals surface area (Å²) in [5.41, 5.74) is 5.18. The van der Waals surface area contributed by atoms with E-state index in [1.807, 2.05) is 26.8 Å². The highest BCUT2D eigenvalue weighted by Gasteiger charge is 2.23. The maximum Gasteiger partial charge on any atom is 0.290 e. The molecular formula is C38H49F2N5O5S. The first-order valence-corrected chi connectivity index (χ1v) is 19.1. The molecule has 51 heavy (non-hydrogen) atoms. The van der Waals surface area contributed by atoms with E-state index in [2.05, 4.69) is 28.9 Å². The van der Waals surface area contributed by atoms with Crippen molar-refractivity contribution in [3.8, 4) is 22.5 Å². The van der Waals surface area contributed by atoms with Gasteiger partial charge in [0.05, 0.1) is 24.3 Å². The van der Waals surface area contributed by atoms with Crippen molar-refractivity contribution in [2.24, 2.45) is 11.8 Å². The van der Waals surface area contributed by atoms with E-state index in [-0.39, 0.29) is 35.3 Å². The van der Waals surface area contributed by atoms with Crippen LogP contribution in [0, 0.1) is 44.2 Å². The number of aromatic nitrogens is 4. The van der Waals surface area contributed by atoms with Gasteiger partial charge in [-0.25, -0.2) is 18.1 Å². The summed E-state index contributed by atoms with van der Waals surface area (Å²) in [6.45, 7) is 15.8. The van der Waals surface area contributed by atoms with Crippen molar-refractivity contribution in [3.63, 3.8) is 0 Å². The molecule has 0 amide bonds. The van der Waals surface area contributed by atoms with Crippen molar-refractivity contribution in [3.05, 3.63) is 97.1 Å². The van der Waals surface area contributed by atoms with Crippen LogP contribution in [0.3, 0.4) is 0 Å². The van der Waals surface area contributed by atoms with Crippen molar-refractivity contribution < 1.29 is 21.4 Å². The van der Waals surface area contributed by atoms with Crippen molar-refractivity contribution >= 4 is 15.8 Å². The van der Waals surface area contributed by atoms with Gasteiger partial charge < -0.3 is 4.90 Å².